The van der Waals surface area contributed by atoms with Crippen molar-refractivity contribution in [2.75, 3.05) is 27.1 Å². The molecule has 0 aliphatic heterocycles. The van der Waals surface area contributed by atoms with Crippen LogP contribution in [0.25, 0.3) is 11.1 Å². The number of thioether (sulfide) groups is 1. The molecule has 0 bridgehead atoms. The molecule has 0 aliphatic carbocycles. The van der Waals surface area contributed by atoms with Crippen molar-refractivity contribution in [2.24, 2.45) is 0 Å². The van der Waals surface area contributed by atoms with Crippen LogP contribution in [-0.2, 0) is 11.9 Å². The number of alkyl halides is 3. The third-order valence-corrected chi connectivity index (χ3v) is 6.05. The fourth-order valence-electron chi connectivity index (χ4n) is 3.41. The molecule has 0 radical (unpaired) electrons. The summed E-state index contributed by atoms with van der Waals surface area (Å²) in [5, 5.41) is 19.9. The van der Waals surface area contributed by atoms with Crippen molar-refractivity contribution in [1.29, 1.82) is 10.5 Å². The number of methoxy groups -OCH3 is 3. The van der Waals surface area contributed by atoms with Gasteiger partial charge in [-0.05, 0) is 29.3 Å². The number of anilines is 1. The number of hydrogen-bond acceptors (Lipinski definition) is 8. The van der Waals surface area contributed by atoms with Gasteiger partial charge in [-0.25, -0.2) is 4.98 Å². The van der Waals surface area contributed by atoms with Gasteiger partial charge in [0.15, 0.2) is 11.5 Å². The van der Waals surface area contributed by atoms with Crippen LogP contribution in [-0.4, -0.2) is 26.3 Å². The Hall–Kier alpha value is -4.09. The van der Waals surface area contributed by atoms with Crippen LogP contribution in [0.1, 0.15) is 22.3 Å². The minimum Gasteiger partial charge on any atom is -0.493 e. The molecule has 0 spiro atoms. The van der Waals surface area contributed by atoms with Crippen molar-refractivity contribution in [3.8, 4) is 40.5 Å². The highest BCUT2D eigenvalue weighted by atomic mass is 32.2. The highest BCUT2D eigenvalue weighted by Crippen LogP contribution is 2.44. The fraction of sp³-hybridized carbons (Fsp3) is 0.208. The molecule has 2 aromatic carbocycles. The molecule has 3 rings (SSSR count). The molecule has 1 aromatic heterocycles. The summed E-state index contributed by atoms with van der Waals surface area (Å²) in [5.74, 6) is 0.871. The third-order valence-electron chi connectivity index (χ3n) is 5.00. The summed E-state index contributed by atoms with van der Waals surface area (Å²) in [6.45, 7) is 0. The quantitative estimate of drug-likeness (QED) is 0.428. The van der Waals surface area contributed by atoms with E-state index in [1.54, 1.807) is 18.2 Å². The van der Waals surface area contributed by atoms with E-state index in [1.165, 1.54) is 27.4 Å². The first-order valence-corrected chi connectivity index (χ1v) is 10.9. The summed E-state index contributed by atoms with van der Waals surface area (Å²) in [6, 6.07) is 12.0. The Morgan fingerprint density at radius 3 is 2.11 bits per heavy atom. The number of nitrogens with two attached hydrogens (primary N) is 1. The second-order valence-electron chi connectivity index (χ2n) is 7.05. The molecule has 0 atom stereocenters. The molecule has 11 heteroatoms. The summed E-state index contributed by atoms with van der Waals surface area (Å²) in [6.07, 6.45) is -4.48. The molecule has 7 nitrogen and oxygen atoms in total. The number of nitriles is 2. The van der Waals surface area contributed by atoms with Crippen molar-refractivity contribution >= 4 is 17.6 Å². The van der Waals surface area contributed by atoms with Crippen LogP contribution in [0.15, 0.2) is 41.4 Å². The first kappa shape index (κ1) is 25.5. The van der Waals surface area contributed by atoms with Gasteiger partial charge in [-0.15, -0.1) is 11.8 Å². The van der Waals surface area contributed by atoms with E-state index in [-0.39, 0.29) is 33.3 Å². The molecule has 2 N–H and O–H groups in total. The Morgan fingerprint density at radius 1 is 0.971 bits per heavy atom. The van der Waals surface area contributed by atoms with Crippen molar-refractivity contribution in [1.82, 2.24) is 4.98 Å². The lowest BCUT2D eigenvalue weighted by molar-refractivity contribution is -0.137. The average Bonchev–Trinajstić information content (AvgIpc) is 2.85. The standard InChI is InChI=1S/C24H19F3N4O3S/c1-32-18-8-14(9-19(33-2)21(18)34-3)20-16(10-28)22(30)31-23(17(20)11-29)35-12-13-5-4-6-15(7-13)24(25,26)27/h4-9H,12H2,1-3H3,(H2,30,31). The Bertz CT molecular complexity index is 1320. The van der Waals surface area contributed by atoms with Gasteiger partial charge in [0.05, 0.1) is 32.5 Å². The van der Waals surface area contributed by atoms with Gasteiger partial charge >= 0.3 is 6.18 Å². The number of hydrogen-bond donors (Lipinski definition) is 1. The van der Waals surface area contributed by atoms with Gasteiger partial charge < -0.3 is 19.9 Å². The maximum Gasteiger partial charge on any atom is 0.416 e. The van der Waals surface area contributed by atoms with Crippen LogP contribution in [0, 0.1) is 22.7 Å². The largest absolute Gasteiger partial charge is 0.493 e. The lowest BCUT2D eigenvalue weighted by Gasteiger charge is -2.17. The molecule has 35 heavy (non-hydrogen) atoms. The van der Waals surface area contributed by atoms with Crippen LogP contribution < -0.4 is 19.9 Å². The molecule has 180 valence electrons. The maximum absolute atomic E-state index is 13.1. The third kappa shape index (κ3) is 5.20. The zero-order chi connectivity index (χ0) is 25.8. The zero-order valence-corrected chi connectivity index (χ0v) is 19.7. The minimum absolute atomic E-state index is 0.0285. The monoisotopic (exact) mass is 500 g/mol. The summed E-state index contributed by atoms with van der Waals surface area (Å²) in [5.41, 5.74) is 6.26. The lowest BCUT2D eigenvalue weighted by atomic mass is 9.96. The van der Waals surface area contributed by atoms with Gasteiger partial charge in [-0.1, -0.05) is 18.2 Å². The summed E-state index contributed by atoms with van der Waals surface area (Å²) < 4.78 is 55.3. The summed E-state index contributed by atoms with van der Waals surface area (Å²) in [4.78, 5) is 4.19. The summed E-state index contributed by atoms with van der Waals surface area (Å²) in [7, 11) is 4.29. The smallest absolute Gasteiger partial charge is 0.416 e. The Balaban J connectivity index is 2.14. The zero-order valence-electron chi connectivity index (χ0n) is 18.9. The Labute approximate surface area is 203 Å². The van der Waals surface area contributed by atoms with Crippen LogP contribution >= 0.6 is 11.8 Å². The Kier molecular flexibility index (Phi) is 7.62. The van der Waals surface area contributed by atoms with Crippen LogP contribution in [0.2, 0.25) is 0 Å². The van der Waals surface area contributed by atoms with Crippen molar-refractivity contribution in [3.05, 3.63) is 58.7 Å². The van der Waals surface area contributed by atoms with Gasteiger partial charge in [-0.2, -0.15) is 23.7 Å². The van der Waals surface area contributed by atoms with Gasteiger partial charge in [0.25, 0.3) is 0 Å². The second kappa shape index (κ2) is 10.5. The molecule has 0 saturated carbocycles. The van der Waals surface area contributed by atoms with Gasteiger partial charge in [0.2, 0.25) is 5.75 Å². The normalized spacial score (nSPS) is 10.9. The second-order valence-corrected chi connectivity index (χ2v) is 8.02. The van der Waals surface area contributed by atoms with Gasteiger partial charge in [0.1, 0.15) is 28.5 Å². The van der Waals surface area contributed by atoms with Crippen LogP contribution in [0.4, 0.5) is 19.0 Å². The molecule has 0 fully saturated rings. The first-order valence-electron chi connectivity index (χ1n) is 9.91. The predicted molar refractivity (Wildman–Crippen MR) is 124 cm³/mol. The number of nitrogens with zero attached hydrogens (tertiary/aromatic N) is 3. The molecular formula is C24H19F3N4O3S. The number of pyridine rings is 1. The molecule has 0 saturated heterocycles. The van der Waals surface area contributed by atoms with Crippen molar-refractivity contribution < 1.29 is 27.4 Å². The molecule has 0 unspecified atom stereocenters. The molecular weight excluding hydrogens is 481 g/mol. The highest BCUT2D eigenvalue weighted by molar-refractivity contribution is 7.98. The fourth-order valence-corrected chi connectivity index (χ4v) is 4.34. The lowest BCUT2D eigenvalue weighted by Crippen LogP contribution is -2.05. The SMILES string of the molecule is COc1cc(-c2c(C#N)c(N)nc(SCc3cccc(C(F)(F)F)c3)c2C#N)cc(OC)c1OC. The van der Waals surface area contributed by atoms with E-state index in [9.17, 15) is 23.7 Å². The van der Waals surface area contributed by atoms with Gasteiger partial charge in [-0.3, -0.25) is 0 Å². The molecule has 0 aliphatic rings. The molecule has 1 heterocycles. The number of ether oxygens (including phenoxy) is 3. The minimum atomic E-state index is -4.48. The molecule has 0 amide bonds. The van der Waals surface area contributed by atoms with E-state index in [1.807, 2.05) is 6.07 Å². The number of rotatable bonds is 7. The first-order chi connectivity index (χ1) is 16.7. The maximum atomic E-state index is 13.1. The number of benzene rings is 2. The molecule has 3 aromatic rings. The van der Waals surface area contributed by atoms with E-state index in [0.29, 0.717) is 28.4 Å². The average molecular weight is 501 g/mol. The van der Waals surface area contributed by atoms with Crippen molar-refractivity contribution in [3.63, 3.8) is 0 Å². The van der Waals surface area contributed by atoms with Crippen LogP contribution in [0.3, 0.4) is 0 Å². The van der Waals surface area contributed by atoms with E-state index in [2.05, 4.69) is 11.1 Å². The number of halogens is 3. The number of nitrogen functional groups attached to an aromatic ring is 1. The predicted octanol–water partition coefficient (Wildman–Crippen LogP) is 5.41. The van der Waals surface area contributed by atoms with E-state index in [4.69, 9.17) is 19.9 Å². The topological polar surface area (TPSA) is 114 Å². The van der Waals surface area contributed by atoms with Crippen molar-refractivity contribution in [2.45, 2.75) is 17.0 Å². The highest BCUT2D eigenvalue weighted by Gasteiger charge is 2.30. The van der Waals surface area contributed by atoms with Gasteiger partial charge in [0, 0.05) is 11.3 Å². The van der Waals surface area contributed by atoms with E-state index in [0.717, 1.165) is 23.9 Å². The summed E-state index contributed by atoms with van der Waals surface area (Å²) >= 11 is 1.04. The number of aromatic nitrogens is 1. The van der Waals surface area contributed by atoms with Crippen LogP contribution in [0.5, 0.6) is 17.2 Å². The van der Waals surface area contributed by atoms with E-state index >= 15 is 0 Å². The Morgan fingerprint density at radius 2 is 1.60 bits per heavy atom. The van der Waals surface area contributed by atoms with E-state index < -0.39 is 11.7 Å².